The Kier molecular flexibility index (Phi) is 11.8. The smallest absolute Gasteiger partial charge is 0.475 e. The normalized spacial score (nSPS) is 15.2. The van der Waals surface area contributed by atoms with E-state index in [1.807, 2.05) is 28.8 Å². The molecule has 11 nitrogen and oxygen atoms in total. The Morgan fingerprint density at radius 2 is 1.75 bits per heavy atom. The van der Waals surface area contributed by atoms with Gasteiger partial charge in [-0.1, -0.05) is 0 Å². The Labute approximate surface area is 200 Å². The van der Waals surface area contributed by atoms with Gasteiger partial charge in [-0.25, -0.2) is 9.59 Å². The summed E-state index contributed by atoms with van der Waals surface area (Å²) < 4.78 is 78.2. The number of aliphatic carboxylic acids is 2. The van der Waals surface area contributed by atoms with E-state index in [1.165, 1.54) is 11.1 Å². The van der Waals surface area contributed by atoms with Gasteiger partial charge in [-0.2, -0.15) is 36.5 Å². The molecule has 3 N–H and O–H groups in total. The molecule has 0 fully saturated rings. The summed E-state index contributed by atoms with van der Waals surface area (Å²) in [6.45, 7) is 3.74. The van der Waals surface area contributed by atoms with Crippen LogP contribution in [0.3, 0.4) is 0 Å². The molecule has 3 heterocycles. The van der Waals surface area contributed by atoms with Gasteiger partial charge in [0.15, 0.2) is 0 Å². The molecule has 0 spiro atoms. The number of nitrogens with zero attached hydrogens (tertiary/aromatic N) is 4. The molecular weight excluding hydrogens is 508 g/mol. The number of carbonyl (C=O) groups is 2. The van der Waals surface area contributed by atoms with Gasteiger partial charge >= 0.3 is 24.3 Å². The van der Waals surface area contributed by atoms with Crippen LogP contribution in [0.5, 0.6) is 0 Å². The maximum Gasteiger partial charge on any atom is 0.490 e. The predicted octanol–water partition coefficient (Wildman–Crippen LogP) is 1.93. The minimum Gasteiger partial charge on any atom is -0.475 e. The van der Waals surface area contributed by atoms with E-state index in [2.05, 4.69) is 21.7 Å². The number of nitrogens with one attached hydrogen (secondary N) is 1. The number of hydrogen-bond donors (Lipinski definition) is 3. The van der Waals surface area contributed by atoms with E-state index >= 15 is 0 Å². The molecule has 204 valence electrons. The molecule has 1 atom stereocenters. The Morgan fingerprint density at radius 3 is 2.22 bits per heavy atom. The van der Waals surface area contributed by atoms with E-state index in [4.69, 9.17) is 29.3 Å². The molecule has 2 aromatic rings. The van der Waals surface area contributed by atoms with Crippen molar-refractivity contribution in [2.75, 3.05) is 26.9 Å². The minimum absolute atomic E-state index is 0.0178. The fraction of sp³-hybridized carbons (Fsp3) is 0.579. The number of rotatable bonds is 7. The monoisotopic (exact) mass is 533 g/mol. The highest BCUT2D eigenvalue weighted by Gasteiger charge is 2.38. The fourth-order valence-corrected chi connectivity index (χ4v) is 2.70. The van der Waals surface area contributed by atoms with Crippen LogP contribution < -0.4 is 5.32 Å². The van der Waals surface area contributed by atoms with Gasteiger partial charge in [0.25, 0.3) is 0 Å². The average molecular weight is 533 g/mol. The number of hydrogen-bond acceptors (Lipinski definition) is 7. The van der Waals surface area contributed by atoms with Crippen LogP contribution in [-0.4, -0.2) is 80.9 Å². The molecule has 1 unspecified atom stereocenters. The third kappa shape index (κ3) is 11.0. The summed E-state index contributed by atoms with van der Waals surface area (Å²) in [7, 11) is 3.63. The van der Waals surface area contributed by atoms with E-state index in [0.717, 1.165) is 38.4 Å². The third-order valence-electron chi connectivity index (χ3n) is 4.29. The highest BCUT2D eigenvalue weighted by molar-refractivity contribution is 5.73. The van der Waals surface area contributed by atoms with Gasteiger partial charge < -0.3 is 25.0 Å². The largest absolute Gasteiger partial charge is 0.490 e. The fourth-order valence-electron chi connectivity index (χ4n) is 2.70. The van der Waals surface area contributed by atoms with Gasteiger partial charge in [0.1, 0.15) is 6.10 Å². The van der Waals surface area contributed by atoms with Gasteiger partial charge in [-0.3, -0.25) is 9.36 Å². The van der Waals surface area contributed by atoms with Crippen molar-refractivity contribution in [3.8, 4) is 0 Å². The molecule has 3 rings (SSSR count). The van der Waals surface area contributed by atoms with Crippen LogP contribution in [0.4, 0.5) is 26.3 Å². The highest BCUT2D eigenvalue weighted by Crippen LogP contribution is 2.25. The molecule has 36 heavy (non-hydrogen) atoms. The lowest BCUT2D eigenvalue weighted by molar-refractivity contribution is -0.193. The Balaban J connectivity index is 0.000000383. The van der Waals surface area contributed by atoms with Gasteiger partial charge in [-0.05, 0) is 12.0 Å². The van der Waals surface area contributed by atoms with Gasteiger partial charge in [-0.15, -0.1) is 0 Å². The number of carboxylic acid groups (broad SMARTS) is 2. The number of aromatic nitrogens is 4. The summed E-state index contributed by atoms with van der Waals surface area (Å²) in [6.07, 6.45) is -3.21. The van der Waals surface area contributed by atoms with E-state index < -0.39 is 24.3 Å². The van der Waals surface area contributed by atoms with Crippen LogP contribution in [0.1, 0.15) is 22.9 Å². The number of carboxylic acids is 2. The lowest BCUT2D eigenvalue weighted by atomic mass is 10.1. The molecule has 0 radical (unpaired) electrons. The molecule has 0 amide bonds. The first-order valence-corrected chi connectivity index (χ1v) is 10.1. The lowest BCUT2D eigenvalue weighted by Crippen LogP contribution is -2.27. The molecule has 1 aliphatic heterocycles. The van der Waals surface area contributed by atoms with Crippen molar-refractivity contribution >= 4 is 11.9 Å². The molecule has 0 saturated heterocycles. The Bertz CT molecular complexity index is 951. The van der Waals surface area contributed by atoms with Crippen molar-refractivity contribution in [2.24, 2.45) is 7.05 Å². The summed E-state index contributed by atoms with van der Waals surface area (Å²) in [6, 6.07) is 0. The van der Waals surface area contributed by atoms with Crippen molar-refractivity contribution in [2.45, 2.75) is 38.0 Å². The topological polar surface area (TPSA) is 141 Å². The predicted molar refractivity (Wildman–Crippen MR) is 109 cm³/mol. The summed E-state index contributed by atoms with van der Waals surface area (Å²) in [4.78, 5) is 17.8. The second-order valence-corrected chi connectivity index (χ2v) is 7.16. The molecule has 0 aliphatic carbocycles. The molecule has 2 aromatic heterocycles. The molecular formula is C19H25F6N5O6. The number of fused-ring (bicyclic) bond motifs is 1. The molecule has 1 aliphatic rings. The second-order valence-electron chi connectivity index (χ2n) is 7.16. The minimum atomic E-state index is -5.08. The third-order valence-corrected chi connectivity index (χ3v) is 4.29. The first-order chi connectivity index (χ1) is 16.6. The maximum absolute atomic E-state index is 10.6. The number of ether oxygens (including phenoxy) is 2. The number of halogens is 6. The lowest BCUT2D eigenvalue weighted by Gasteiger charge is -2.22. The summed E-state index contributed by atoms with van der Waals surface area (Å²) in [5.41, 5.74) is 3.51. The standard InChI is InChI=1S/C15H23N5O2.2C2HF3O2/c1-19-10-12(8-17-19)7-16-9-14-15-13(3-5-22-14)11-20(18-15)4-6-21-2;2*3-2(4,5)1(6)7/h8,10-11,14,16H,3-7,9H2,1-2H3;2*(H,6,7). The van der Waals surface area contributed by atoms with Crippen molar-refractivity contribution in [3.05, 3.63) is 35.4 Å². The van der Waals surface area contributed by atoms with Crippen molar-refractivity contribution in [3.63, 3.8) is 0 Å². The van der Waals surface area contributed by atoms with Crippen molar-refractivity contribution < 1.29 is 55.6 Å². The Morgan fingerprint density at radius 1 is 1.17 bits per heavy atom. The van der Waals surface area contributed by atoms with E-state index in [-0.39, 0.29) is 6.10 Å². The quantitative estimate of drug-likeness (QED) is 0.456. The number of aryl methyl sites for hydroxylation is 1. The van der Waals surface area contributed by atoms with Crippen LogP contribution in [-0.2, 0) is 45.6 Å². The van der Waals surface area contributed by atoms with E-state index in [0.29, 0.717) is 6.61 Å². The van der Waals surface area contributed by atoms with Crippen LogP contribution in [0.2, 0.25) is 0 Å². The second kappa shape index (κ2) is 13.8. The molecule has 17 heteroatoms. The SMILES string of the molecule is COCCn1cc2c(n1)C(CNCc1cnn(C)c1)OCC2.O=C(O)C(F)(F)F.O=C(O)C(F)(F)F. The van der Waals surface area contributed by atoms with Gasteiger partial charge in [0.05, 0.1) is 31.6 Å². The van der Waals surface area contributed by atoms with Crippen molar-refractivity contribution in [1.29, 1.82) is 0 Å². The van der Waals surface area contributed by atoms with Gasteiger partial charge in [0.2, 0.25) is 0 Å². The zero-order valence-corrected chi connectivity index (χ0v) is 19.1. The van der Waals surface area contributed by atoms with Crippen molar-refractivity contribution in [1.82, 2.24) is 24.9 Å². The average Bonchev–Trinajstić information content (AvgIpc) is 3.38. The van der Waals surface area contributed by atoms with Gasteiger partial charge in [0, 0.05) is 45.2 Å². The highest BCUT2D eigenvalue weighted by atomic mass is 19.4. The molecule has 0 saturated carbocycles. The first kappa shape index (κ1) is 30.9. The molecule has 0 bridgehead atoms. The molecule has 0 aromatic carbocycles. The zero-order chi connectivity index (χ0) is 27.5. The number of methoxy groups -OCH3 is 1. The van der Waals surface area contributed by atoms with Crippen LogP contribution in [0.15, 0.2) is 18.6 Å². The maximum atomic E-state index is 10.6. The van der Waals surface area contributed by atoms with Crippen LogP contribution >= 0.6 is 0 Å². The van der Waals surface area contributed by atoms with Crippen LogP contribution in [0, 0.1) is 0 Å². The summed E-state index contributed by atoms with van der Waals surface area (Å²) in [5, 5.41) is 26.5. The van der Waals surface area contributed by atoms with Crippen LogP contribution in [0.25, 0.3) is 0 Å². The number of alkyl halides is 6. The summed E-state index contributed by atoms with van der Waals surface area (Å²) in [5.74, 6) is -5.51. The first-order valence-electron chi connectivity index (χ1n) is 10.1. The van der Waals surface area contributed by atoms with E-state index in [9.17, 15) is 26.3 Å². The summed E-state index contributed by atoms with van der Waals surface area (Å²) >= 11 is 0. The Hall–Kier alpha value is -3.18. The van der Waals surface area contributed by atoms with E-state index in [1.54, 1.807) is 7.11 Å². The zero-order valence-electron chi connectivity index (χ0n) is 19.1.